The predicted octanol–water partition coefficient (Wildman–Crippen LogP) is 3.50. The molecule has 1 aliphatic heterocycles. The molecule has 1 heterocycles. The molecule has 1 fully saturated rings. The first-order valence-corrected chi connectivity index (χ1v) is 15.2. The average Bonchev–Trinajstić information content (AvgIpc) is 2.96. The Morgan fingerprint density at radius 1 is 0.868 bits per heavy atom. The lowest BCUT2D eigenvalue weighted by molar-refractivity contribution is 0.0947. The number of hydrogen-bond donors (Lipinski definition) is 1. The molecule has 1 amide bonds. The maximum absolute atomic E-state index is 12.9. The van der Waals surface area contributed by atoms with E-state index >= 15 is 0 Å². The lowest BCUT2D eigenvalue weighted by atomic mass is 10.2. The third kappa shape index (κ3) is 6.35. The molecule has 0 spiro atoms. The number of carbonyl (C=O) groups excluding carboxylic acids is 1. The molecule has 38 heavy (non-hydrogen) atoms. The van der Waals surface area contributed by atoms with Crippen LogP contribution in [0.1, 0.15) is 29.6 Å². The van der Waals surface area contributed by atoms with Crippen molar-refractivity contribution in [1.82, 2.24) is 9.62 Å². The Morgan fingerprint density at radius 3 is 2.24 bits per heavy atom. The molecule has 4 rings (SSSR count). The van der Waals surface area contributed by atoms with Crippen LogP contribution in [0.15, 0.2) is 88.7 Å². The molecule has 0 bridgehead atoms. The highest BCUT2D eigenvalue weighted by atomic mass is 32.2. The van der Waals surface area contributed by atoms with Crippen molar-refractivity contribution >= 4 is 31.6 Å². The van der Waals surface area contributed by atoms with Crippen molar-refractivity contribution in [3.05, 3.63) is 84.4 Å². The minimum Gasteiger partial charge on any atom is -0.492 e. The Kier molecular flexibility index (Phi) is 8.70. The molecule has 0 radical (unpaired) electrons. The molecule has 202 valence electrons. The molecule has 0 atom stereocenters. The standard InChI is InChI=1S/C27H31N3O6S2/c1-29(37(32,33)25-11-4-2-5-12-25)23-10-8-9-22(21-23)27(31)28-17-20-36-24-13-15-26(16-14-24)38(34,35)30-18-6-3-7-19-30/h2,4-5,8-16,21H,3,6-7,17-20H2,1H3,(H,28,31). The highest BCUT2D eigenvalue weighted by Gasteiger charge is 2.26. The predicted molar refractivity (Wildman–Crippen MR) is 145 cm³/mol. The summed E-state index contributed by atoms with van der Waals surface area (Å²) < 4.78 is 59.6. The van der Waals surface area contributed by atoms with Gasteiger partial charge < -0.3 is 10.1 Å². The second kappa shape index (κ2) is 12.0. The van der Waals surface area contributed by atoms with Crippen LogP contribution in [0.5, 0.6) is 5.75 Å². The van der Waals surface area contributed by atoms with Crippen molar-refractivity contribution in [3.8, 4) is 5.75 Å². The number of anilines is 1. The lowest BCUT2D eigenvalue weighted by Crippen LogP contribution is -2.35. The minimum absolute atomic E-state index is 0.159. The summed E-state index contributed by atoms with van der Waals surface area (Å²) in [5, 5.41) is 2.75. The number of hydrogen-bond acceptors (Lipinski definition) is 6. The topological polar surface area (TPSA) is 113 Å². The Hall–Kier alpha value is -3.41. The molecule has 9 nitrogen and oxygen atoms in total. The summed E-state index contributed by atoms with van der Waals surface area (Å²) in [5.74, 6) is 0.121. The molecule has 1 N–H and O–H groups in total. The van der Waals surface area contributed by atoms with Crippen molar-refractivity contribution in [3.63, 3.8) is 0 Å². The fraction of sp³-hybridized carbons (Fsp3) is 0.296. The highest BCUT2D eigenvalue weighted by molar-refractivity contribution is 7.92. The molecule has 11 heteroatoms. The normalized spacial score (nSPS) is 14.6. The smallest absolute Gasteiger partial charge is 0.264 e. The van der Waals surface area contributed by atoms with Crippen LogP contribution in [0.4, 0.5) is 5.69 Å². The zero-order valence-electron chi connectivity index (χ0n) is 21.1. The van der Waals surface area contributed by atoms with Gasteiger partial charge >= 0.3 is 0 Å². The highest BCUT2D eigenvalue weighted by Crippen LogP contribution is 2.24. The monoisotopic (exact) mass is 557 g/mol. The van der Waals surface area contributed by atoms with Crippen LogP contribution in [0.3, 0.4) is 0 Å². The van der Waals surface area contributed by atoms with Gasteiger partial charge in [-0.05, 0) is 67.4 Å². The van der Waals surface area contributed by atoms with Gasteiger partial charge in [-0.15, -0.1) is 0 Å². The first kappa shape index (κ1) is 27.6. The first-order chi connectivity index (χ1) is 18.2. The van der Waals surface area contributed by atoms with E-state index in [1.54, 1.807) is 48.5 Å². The average molecular weight is 558 g/mol. The number of sulfonamides is 2. The van der Waals surface area contributed by atoms with Gasteiger partial charge in [0.05, 0.1) is 22.0 Å². The van der Waals surface area contributed by atoms with E-state index in [9.17, 15) is 21.6 Å². The third-order valence-electron chi connectivity index (χ3n) is 6.31. The summed E-state index contributed by atoms with van der Waals surface area (Å²) in [6.45, 7) is 1.46. The summed E-state index contributed by atoms with van der Waals surface area (Å²) in [5.41, 5.74) is 0.669. The SMILES string of the molecule is CN(c1cccc(C(=O)NCCOc2ccc(S(=O)(=O)N3CCCCC3)cc2)c1)S(=O)(=O)c1ccccc1. The number of carbonyl (C=O) groups is 1. The number of nitrogens with zero attached hydrogens (tertiary/aromatic N) is 2. The van der Waals surface area contributed by atoms with Crippen molar-refractivity contribution in [2.24, 2.45) is 0 Å². The molecule has 0 aromatic heterocycles. The fourth-order valence-corrected chi connectivity index (χ4v) is 6.86. The number of amides is 1. The number of benzene rings is 3. The van der Waals surface area contributed by atoms with E-state index in [-0.39, 0.29) is 28.8 Å². The van der Waals surface area contributed by atoms with Crippen molar-refractivity contribution in [2.75, 3.05) is 37.6 Å². The zero-order chi connectivity index (χ0) is 27.2. The van der Waals surface area contributed by atoms with Crippen LogP contribution < -0.4 is 14.4 Å². The maximum Gasteiger partial charge on any atom is 0.264 e. The number of ether oxygens (including phenoxy) is 1. The molecular formula is C27H31N3O6S2. The van der Waals surface area contributed by atoms with Gasteiger partial charge in [0.25, 0.3) is 15.9 Å². The summed E-state index contributed by atoms with van der Waals surface area (Å²) >= 11 is 0. The molecule has 0 aliphatic carbocycles. The van der Waals surface area contributed by atoms with Crippen molar-refractivity contribution < 1.29 is 26.4 Å². The summed E-state index contributed by atoms with van der Waals surface area (Å²) in [6.07, 6.45) is 2.80. The van der Waals surface area contributed by atoms with Gasteiger partial charge in [0.15, 0.2) is 0 Å². The van der Waals surface area contributed by atoms with Crippen LogP contribution in [0, 0.1) is 0 Å². The lowest BCUT2D eigenvalue weighted by Gasteiger charge is -2.25. The van der Waals surface area contributed by atoms with Gasteiger partial charge in [0.1, 0.15) is 12.4 Å². The van der Waals surface area contributed by atoms with Crippen molar-refractivity contribution in [1.29, 1.82) is 0 Å². The van der Waals surface area contributed by atoms with Crippen LogP contribution in [0.2, 0.25) is 0 Å². The molecule has 0 saturated carbocycles. The van der Waals surface area contributed by atoms with Gasteiger partial charge in [-0.25, -0.2) is 16.8 Å². The molecule has 1 aliphatic rings. The van der Waals surface area contributed by atoms with E-state index in [4.69, 9.17) is 4.74 Å². The first-order valence-electron chi connectivity index (χ1n) is 12.3. The van der Waals surface area contributed by atoms with Gasteiger partial charge in [0.2, 0.25) is 10.0 Å². The summed E-state index contributed by atoms with van der Waals surface area (Å²) in [6, 6.07) is 20.7. The maximum atomic E-state index is 12.9. The Morgan fingerprint density at radius 2 is 1.55 bits per heavy atom. The zero-order valence-corrected chi connectivity index (χ0v) is 22.7. The number of rotatable bonds is 10. The van der Waals surface area contributed by atoms with E-state index in [0.717, 1.165) is 23.6 Å². The van der Waals surface area contributed by atoms with Crippen LogP contribution in [0.25, 0.3) is 0 Å². The van der Waals surface area contributed by atoms with Crippen LogP contribution in [-0.4, -0.2) is 60.3 Å². The Labute approximate surface area is 224 Å². The molecular weight excluding hydrogens is 526 g/mol. The van der Waals surface area contributed by atoms with Crippen LogP contribution in [-0.2, 0) is 20.0 Å². The summed E-state index contributed by atoms with van der Waals surface area (Å²) in [4.78, 5) is 13.0. The molecule has 3 aromatic carbocycles. The van der Waals surface area contributed by atoms with Crippen LogP contribution >= 0.6 is 0 Å². The quantitative estimate of drug-likeness (QED) is 0.382. The van der Waals surface area contributed by atoms with Crippen molar-refractivity contribution in [2.45, 2.75) is 29.1 Å². The van der Waals surface area contributed by atoms with Gasteiger partial charge in [-0.2, -0.15) is 4.31 Å². The van der Waals surface area contributed by atoms with E-state index in [0.29, 0.717) is 30.1 Å². The molecule has 0 unspecified atom stereocenters. The van der Waals surface area contributed by atoms with E-state index in [1.807, 2.05) is 0 Å². The Balaban J connectivity index is 1.30. The van der Waals surface area contributed by atoms with E-state index < -0.39 is 20.0 Å². The summed E-state index contributed by atoms with van der Waals surface area (Å²) in [7, 11) is -5.82. The second-order valence-electron chi connectivity index (χ2n) is 8.88. The number of piperidine rings is 1. The molecule has 3 aromatic rings. The van der Waals surface area contributed by atoms with E-state index in [2.05, 4.69) is 5.32 Å². The largest absolute Gasteiger partial charge is 0.492 e. The van der Waals surface area contributed by atoms with Gasteiger partial charge in [-0.1, -0.05) is 30.7 Å². The number of nitrogens with one attached hydrogen (secondary N) is 1. The van der Waals surface area contributed by atoms with Gasteiger partial charge in [0, 0.05) is 25.7 Å². The second-order valence-corrected chi connectivity index (χ2v) is 12.8. The Bertz CT molecular complexity index is 1450. The minimum atomic E-state index is -3.76. The third-order valence-corrected chi connectivity index (χ3v) is 10.0. The molecule has 1 saturated heterocycles. The van der Waals surface area contributed by atoms with E-state index in [1.165, 1.54) is 41.7 Å². The fourth-order valence-electron chi connectivity index (χ4n) is 4.13. The van der Waals surface area contributed by atoms with Gasteiger partial charge in [-0.3, -0.25) is 9.10 Å².